The summed E-state index contributed by atoms with van der Waals surface area (Å²) < 4.78 is 16.6. The lowest BCUT2D eigenvalue weighted by molar-refractivity contribution is 0.591. The highest BCUT2D eigenvalue weighted by molar-refractivity contribution is 7.51. The van der Waals surface area contributed by atoms with Crippen molar-refractivity contribution in [3.05, 3.63) is 95.1 Å². The molecule has 0 aliphatic heterocycles. The van der Waals surface area contributed by atoms with Gasteiger partial charge in [0.05, 0.1) is 0 Å². The van der Waals surface area contributed by atoms with E-state index in [1.54, 1.807) is 0 Å². The lowest BCUT2D eigenvalue weighted by atomic mass is 9.82. The molecule has 0 radical (unpaired) electrons. The highest BCUT2D eigenvalue weighted by atomic mass is 32.1. The number of hydrogen-bond donors (Lipinski definition) is 4. The van der Waals surface area contributed by atoms with Crippen LogP contribution in [-0.2, 0) is 33.2 Å². The van der Waals surface area contributed by atoms with Gasteiger partial charge in [-0.05, 0) is 115 Å². The molecule has 0 amide bonds. The summed E-state index contributed by atoms with van der Waals surface area (Å²) in [6.45, 7) is 26.2. The average Bonchev–Trinajstić information content (AvgIpc) is 2.92. The Morgan fingerprint density at radius 3 is 0.638 bits per heavy atom. The third-order valence-electron chi connectivity index (χ3n) is 8.11. The Labute approximate surface area is 287 Å². The molecule has 4 aromatic rings. The minimum Gasteiger partial charge on any atom is -0.398 e. The highest BCUT2D eigenvalue weighted by Gasteiger charge is 2.22. The van der Waals surface area contributed by atoms with Crippen molar-refractivity contribution < 1.29 is 8.42 Å². The first-order valence-electron chi connectivity index (χ1n) is 15.9. The fourth-order valence-corrected chi connectivity index (χ4v) is 5.54. The van der Waals surface area contributed by atoms with Crippen molar-refractivity contribution in [3.63, 3.8) is 0 Å². The Hall–Kier alpha value is -4.10. The van der Waals surface area contributed by atoms with E-state index in [2.05, 4.69) is 132 Å². The zero-order valence-electron chi connectivity index (χ0n) is 30.5. The molecule has 0 aliphatic rings. The number of nitrogen functional groups attached to an aromatic ring is 4. The topological polar surface area (TPSA) is 138 Å². The van der Waals surface area contributed by atoms with Gasteiger partial charge in [0.15, 0.2) is 0 Å². The van der Waals surface area contributed by atoms with Gasteiger partial charge in [0, 0.05) is 22.7 Å². The van der Waals surface area contributed by atoms with Crippen LogP contribution in [0.4, 0.5) is 22.7 Å². The summed E-state index contributed by atoms with van der Waals surface area (Å²) in [7, 11) is 0. The molecule has 0 heterocycles. The van der Waals surface area contributed by atoms with Crippen molar-refractivity contribution >= 4 is 34.3 Å². The average molecular weight is 657 g/mol. The number of anilines is 4. The molecule has 8 N–H and O–H groups in total. The molecular weight excluding hydrogens is 601 g/mol. The lowest BCUT2D eigenvalue weighted by Crippen LogP contribution is -2.15. The molecule has 0 saturated heterocycles. The smallest absolute Gasteiger partial charge is 0.335 e. The summed E-state index contributed by atoms with van der Waals surface area (Å²) in [6.07, 6.45) is 0. The third kappa shape index (κ3) is 10.4. The first-order valence-corrected chi connectivity index (χ1v) is 16.6. The van der Waals surface area contributed by atoms with Crippen LogP contribution in [-0.4, -0.2) is 8.42 Å². The molecule has 0 unspecified atom stereocenters. The van der Waals surface area contributed by atoms with Gasteiger partial charge in [-0.2, -0.15) is 8.42 Å². The van der Waals surface area contributed by atoms with E-state index in [1.165, 1.54) is 44.5 Å². The standard InChI is InChI=1S/2C20H28N2.O2S/c2*1-19(2,3)15-11-13(7-9-17(15)21)14-8-10-18(22)16(12-14)20(4,5)6;1-3-2/h2*7-12H,21-22H2,1-6H3;. The molecule has 7 heteroatoms. The Morgan fingerprint density at radius 1 is 0.362 bits per heavy atom. The molecule has 4 aromatic carbocycles. The normalized spacial score (nSPS) is 11.9. The Balaban J connectivity index is 0.000000302. The molecule has 0 bridgehead atoms. The number of nitrogens with two attached hydrogens (primary N) is 4. The molecule has 0 atom stereocenters. The minimum atomic E-state index is -0.750. The van der Waals surface area contributed by atoms with Crippen LogP contribution in [0.25, 0.3) is 22.3 Å². The van der Waals surface area contributed by atoms with Crippen LogP contribution in [0.1, 0.15) is 105 Å². The van der Waals surface area contributed by atoms with Gasteiger partial charge in [0.2, 0.25) is 0 Å². The molecule has 47 heavy (non-hydrogen) atoms. The van der Waals surface area contributed by atoms with Crippen LogP contribution < -0.4 is 22.9 Å². The summed E-state index contributed by atoms with van der Waals surface area (Å²) in [5.74, 6) is 0. The molecule has 0 saturated carbocycles. The Morgan fingerprint density at radius 2 is 0.511 bits per heavy atom. The second-order valence-corrected chi connectivity index (χ2v) is 16.4. The highest BCUT2D eigenvalue weighted by Crippen LogP contribution is 2.37. The van der Waals surface area contributed by atoms with Gasteiger partial charge in [0.25, 0.3) is 0 Å². The van der Waals surface area contributed by atoms with E-state index in [9.17, 15) is 0 Å². The van der Waals surface area contributed by atoms with Crippen molar-refractivity contribution in [2.75, 3.05) is 22.9 Å². The second-order valence-electron chi connectivity index (χ2n) is 16.3. The molecule has 4 rings (SSSR count). The molecule has 0 fully saturated rings. The van der Waals surface area contributed by atoms with Gasteiger partial charge in [-0.15, -0.1) is 0 Å². The maximum Gasteiger partial charge on any atom is 0.335 e. The first kappa shape index (κ1) is 39.1. The van der Waals surface area contributed by atoms with Crippen molar-refractivity contribution in [2.24, 2.45) is 0 Å². The van der Waals surface area contributed by atoms with Gasteiger partial charge < -0.3 is 22.9 Å². The summed E-state index contributed by atoms with van der Waals surface area (Å²) in [6, 6.07) is 25.2. The van der Waals surface area contributed by atoms with E-state index in [1.807, 2.05) is 24.3 Å². The van der Waals surface area contributed by atoms with Gasteiger partial charge in [-0.25, -0.2) is 0 Å². The van der Waals surface area contributed by atoms with Crippen molar-refractivity contribution in [2.45, 2.75) is 105 Å². The predicted molar refractivity (Wildman–Crippen MR) is 205 cm³/mol. The van der Waals surface area contributed by atoms with Crippen LogP contribution in [0, 0.1) is 0 Å². The van der Waals surface area contributed by atoms with E-state index in [0.29, 0.717) is 0 Å². The first-order chi connectivity index (χ1) is 21.4. The van der Waals surface area contributed by atoms with Crippen LogP contribution in [0.15, 0.2) is 72.8 Å². The molecule has 6 nitrogen and oxygen atoms in total. The minimum absolute atomic E-state index is 0.0285. The van der Waals surface area contributed by atoms with Crippen molar-refractivity contribution in [1.82, 2.24) is 0 Å². The maximum atomic E-state index is 8.29. The van der Waals surface area contributed by atoms with Crippen LogP contribution >= 0.6 is 0 Å². The fourth-order valence-electron chi connectivity index (χ4n) is 5.54. The monoisotopic (exact) mass is 656 g/mol. The fraction of sp³-hybridized carbons (Fsp3) is 0.400. The number of rotatable bonds is 2. The van der Waals surface area contributed by atoms with Gasteiger partial charge in [-0.1, -0.05) is 107 Å². The zero-order valence-corrected chi connectivity index (χ0v) is 31.3. The lowest BCUT2D eigenvalue weighted by Gasteiger charge is -2.24. The zero-order chi connectivity index (χ0) is 36.1. The third-order valence-corrected chi connectivity index (χ3v) is 8.11. The van der Waals surface area contributed by atoms with E-state index in [-0.39, 0.29) is 21.7 Å². The van der Waals surface area contributed by atoms with E-state index >= 15 is 0 Å². The summed E-state index contributed by atoms with van der Waals surface area (Å²) in [5.41, 5.74) is 37.6. The second kappa shape index (κ2) is 14.8. The molecule has 0 spiro atoms. The van der Waals surface area contributed by atoms with E-state index in [0.717, 1.165) is 22.7 Å². The predicted octanol–water partition coefficient (Wildman–Crippen LogP) is 9.56. The molecular formula is C40H56N4O2S. The quantitative estimate of drug-likeness (QED) is 0.159. The van der Waals surface area contributed by atoms with Gasteiger partial charge in [0.1, 0.15) is 0 Å². The van der Waals surface area contributed by atoms with Crippen LogP contribution in [0.3, 0.4) is 0 Å². The SMILES string of the molecule is CC(C)(C)c1cc(-c2ccc(N)c(C(C)(C)C)c2)ccc1N.CC(C)(C)c1cc(-c2ccc(N)c(C(C)(C)C)c2)ccc1N.O=S=O. The Kier molecular flexibility index (Phi) is 12.3. The van der Waals surface area contributed by atoms with Crippen molar-refractivity contribution in [1.29, 1.82) is 0 Å². The summed E-state index contributed by atoms with van der Waals surface area (Å²) >= 11 is -0.750. The van der Waals surface area contributed by atoms with E-state index < -0.39 is 11.6 Å². The molecule has 0 aromatic heterocycles. The maximum absolute atomic E-state index is 8.29. The molecule has 0 aliphatic carbocycles. The van der Waals surface area contributed by atoms with Gasteiger partial charge in [-0.3, -0.25) is 0 Å². The largest absolute Gasteiger partial charge is 0.398 e. The molecule has 254 valence electrons. The van der Waals surface area contributed by atoms with E-state index in [4.69, 9.17) is 31.4 Å². The summed E-state index contributed by atoms with van der Waals surface area (Å²) in [5, 5.41) is 0. The number of benzene rings is 4. The summed E-state index contributed by atoms with van der Waals surface area (Å²) in [4.78, 5) is 0. The van der Waals surface area contributed by atoms with Crippen LogP contribution in [0.5, 0.6) is 0 Å². The van der Waals surface area contributed by atoms with Gasteiger partial charge >= 0.3 is 11.6 Å². The van der Waals surface area contributed by atoms with Crippen LogP contribution in [0.2, 0.25) is 0 Å². The number of hydrogen-bond acceptors (Lipinski definition) is 6. The Bertz CT molecular complexity index is 1480. The van der Waals surface area contributed by atoms with Crippen molar-refractivity contribution in [3.8, 4) is 22.3 Å².